The van der Waals surface area contributed by atoms with Gasteiger partial charge < -0.3 is 29.6 Å². The minimum atomic E-state index is -0.542. The monoisotopic (exact) mass is 922 g/mol. The van der Waals surface area contributed by atoms with Crippen molar-refractivity contribution in [2.24, 2.45) is 0 Å². The summed E-state index contributed by atoms with van der Waals surface area (Å²) in [6, 6.07) is 34.3. The fourth-order valence-corrected chi connectivity index (χ4v) is 7.12. The second-order valence-electron chi connectivity index (χ2n) is 13.7. The molecule has 0 aliphatic rings. The number of para-hydroxylation sites is 4. The van der Waals surface area contributed by atoms with E-state index in [1.54, 1.807) is 109 Å². The molecule has 0 aromatic heterocycles. The highest BCUT2D eigenvalue weighted by atomic mass is 35.5. The number of esters is 2. The third-order valence-corrected chi connectivity index (χ3v) is 10.5. The van der Waals surface area contributed by atoms with Crippen molar-refractivity contribution in [1.82, 2.24) is 0 Å². The Balaban J connectivity index is 1.01. The van der Waals surface area contributed by atoms with Crippen LogP contribution in [0.15, 0.2) is 133 Å². The Morgan fingerprint density at radius 2 is 0.873 bits per heavy atom. The van der Waals surface area contributed by atoms with Crippen molar-refractivity contribution in [2.45, 2.75) is 19.3 Å². The number of halogens is 4. The van der Waals surface area contributed by atoms with Gasteiger partial charge in [0.1, 0.15) is 0 Å². The number of rotatable bonds is 18. The summed E-state index contributed by atoms with van der Waals surface area (Å²) in [5, 5.41) is 8.12. The van der Waals surface area contributed by atoms with E-state index < -0.39 is 23.5 Å². The van der Waals surface area contributed by atoms with Crippen molar-refractivity contribution < 1.29 is 38.1 Å². The lowest BCUT2D eigenvalue weighted by Gasteiger charge is -2.15. The van der Waals surface area contributed by atoms with Crippen LogP contribution in [0.1, 0.15) is 28.7 Å². The molecule has 6 aromatic carbocycles. The van der Waals surface area contributed by atoms with Gasteiger partial charge in [-0.25, -0.2) is 0 Å². The average molecular weight is 925 g/mol. The fourth-order valence-electron chi connectivity index (χ4n) is 6.14. The topological polar surface area (TPSA) is 129 Å². The molecule has 0 spiro atoms. The van der Waals surface area contributed by atoms with Gasteiger partial charge in [-0.2, -0.15) is 0 Å². The first-order valence-electron chi connectivity index (χ1n) is 19.2. The summed E-state index contributed by atoms with van der Waals surface area (Å²) in [5.41, 5.74) is 4.76. The molecule has 0 unspecified atom stereocenters. The average Bonchev–Trinajstić information content (AvgIpc) is 3.26. The summed E-state index contributed by atoms with van der Waals surface area (Å²) < 4.78 is 22.2. The number of ether oxygens (including phenoxy) is 4. The smallest absolute Gasteiger partial charge is 0.315 e. The number of nitrogens with one attached hydrogen (secondary N) is 2. The number of ketones is 2. The number of hydrogen-bond acceptors (Lipinski definition) is 10. The van der Waals surface area contributed by atoms with Crippen LogP contribution in [-0.2, 0) is 32.0 Å². The number of carbonyl (C=O) groups excluding carboxylic acids is 4. The molecule has 320 valence electrons. The maximum Gasteiger partial charge on any atom is 0.315 e. The molecular formula is C49H38Cl4N2O8. The maximum absolute atomic E-state index is 13.1. The lowest BCUT2D eigenvalue weighted by Crippen LogP contribution is -2.13. The van der Waals surface area contributed by atoms with Gasteiger partial charge in [0.2, 0.25) is 0 Å². The maximum atomic E-state index is 13.1. The molecule has 6 rings (SSSR count). The number of allylic oxidation sites excluding steroid dienone is 2. The van der Waals surface area contributed by atoms with Gasteiger partial charge in [-0.15, -0.1) is 0 Å². The van der Waals surface area contributed by atoms with Crippen LogP contribution >= 0.6 is 46.4 Å². The highest BCUT2D eigenvalue weighted by Gasteiger charge is 2.17. The molecule has 0 bridgehead atoms. The van der Waals surface area contributed by atoms with Crippen LogP contribution in [0.3, 0.4) is 0 Å². The van der Waals surface area contributed by atoms with Crippen molar-refractivity contribution in [3.8, 4) is 23.0 Å². The minimum Gasteiger partial charge on any atom is -0.493 e. The third-order valence-electron chi connectivity index (χ3n) is 9.24. The molecule has 14 heteroatoms. The summed E-state index contributed by atoms with van der Waals surface area (Å²) in [6.07, 6.45) is 5.11. The Morgan fingerprint density at radius 1 is 0.492 bits per heavy atom. The number of benzene rings is 6. The van der Waals surface area contributed by atoms with Crippen molar-refractivity contribution in [2.75, 3.05) is 24.9 Å². The molecule has 0 amide bonds. The molecule has 0 radical (unpaired) electrons. The number of hydrogen-bond donors (Lipinski definition) is 2. The van der Waals surface area contributed by atoms with Gasteiger partial charge in [-0.05, 0) is 95.1 Å². The molecular weight excluding hydrogens is 886 g/mol. The Hall–Kier alpha value is -6.56. The highest BCUT2D eigenvalue weighted by Crippen LogP contribution is 2.36. The largest absolute Gasteiger partial charge is 0.493 e. The third kappa shape index (κ3) is 12.7. The van der Waals surface area contributed by atoms with Gasteiger partial charge in [-0.1, -0.05) is 119 Å². The van der Waals surface area contributed by atoms with Gasteiger partial charge in [-0.3, -0.25) is 19.2 Å². The number of methoxy groups -OCH3 is 2. The van der Waals surface area contributed by atoms with Crippen LogP contribution in [0.5, 0.6) is 23.0 Å². The van der Waals surface area contributed by atoms with E-state index in [0.29, 0.717) is 65.1 Å². The normalized spacial score (nSPS) is 11.0. The predicted molar refractivity (Wildman–Crippen MR) is 250 cm³/mol. The molecule has 0 saturated carbocycles. The van der Waals surface area contributed by atoms with Gasteiger partial charge in [0.25, 0.3) is 0 Å². The van der Waals surface area contributed by atoms with E-state index in [2.05, 4.69) is 10.6 Å². The summed E-state index contributed by atoms with van der Waals surface area (Å²) in [5.74, 6) is -1.06. The highest BCUT2D eigenvalue weighted by molar-refractivity contribution is 6.40. The minimum absolute atomic E-state index is 0.0701. The Morgan fingerprint density at radius 3 is 1.25 bits per heavy atom. The molecule has 63 heavy (non-hydrogen) atoms. The molecule has 0 atom stereocenters. The first kappa shape index (κ1) is 46.0. The van der Waals surface area contributed by atoms with Crippen LogP contribution in [0, 0.1) is 0 Å². The van der Waals surface area contributed by atoms with E-state index in [1.165, 1.54) is 38.5 Å². The van der Waals surface area contributed by atoms with E-state index in [0.717, 1.165) is 0 Å². The van der Waals surface area contributed by atoms with E-state index in [4.69, 9.17) is 65.4 Å². The van der Waals surface area contributed by atoms with E-state index >= 15 is 0 Å². The lowest BCUT2D eigenvalue weighted by molar-refractivity contribution is -0.134. The fraction of sp³-hybridized carbons (Fsp3) is 0.102. The van der Waals surface area contributed by atoms with E-state index in [1.807, 2.05) is 12.1 Å². The molecule has 2 N–H and O–H groups in total. The molecule has 0 saturated heterocycles. The first-order valence-corrected chi connectivity index (χ1v) is 20.7. The summed E-state index contributed by atoms with van der Waals surface area (Å²) in [4.78, 5) is 51.6. The van der Waals surface area contributed by atoms with Crippen LogP contribution in [0.25, 0.3) is 12.2 Å². The SMILES string of the molecule is COc1cc(/C=C/C(=O)CC(=O)/C=C/c2ccc(OC(=O)Cc3ccccc3Nc3c(Cl)cccc3Cl)c(OC)c2)ccc1OC(=O)Cc1ccccc1Nc1c(Cl)cccc1Cl. The van der Waals surface area contributed by atoms with Crippen LogP contribution < -0.4 is 29.6 Å². The molecule has 10 nitrogen and oxygen atoms in total. The number of anilines is 4. The van der Waals surface area contributed by atoms with Crippen molar-refractivity contribution in [3.05, 3.63) is 176 Å². The molecule has 0 fully saturated rings. The van der Waals surface area contributed by atoms with Crippen LogP contribution in [0.2, 0.25) is 20.1 Å². The summed E-state index contributed by atoms with van der Waals surface area (Å²) in [6.45, 7) is 0. The second kappa shape index (κ2) is 22.0. The van der Waals surface area contributed by atoms with E-state index in [9.17, 15) is 19.2 Å². The van der Waals surface area contributed by atoms with Gasteiger partial charge in [0, 0.05) is 11.4 Å². The van der Waals surface area contributed by atoms with Gasteiger partial charge >= 0.3 is 11.9 Å². The zero-order valence-electron chi connectivity index (χ0n) is 33.8. The standard InChI is InChI=1S/C49H38Cl4N2O8/c1-60-44-25-30(19-23-42(44)62-46(58)27-32-9-3-5-15-40(32)54-48-36(50)11-7-12-37(48)51)17-21-34(56)29-35(57)22-18-31-20-24-43(45(26-31)61-2)63-47(59)28-33-10-4-6-16-41(33)55-49-38(52)13-8-14-39(49)53/h3-26,54-55H,27-29H2,1-2H3/b21-17+,22-18+. The van der Waals surface area contributed by atoms with Crippen LogP contribution in [-0.4, -0.2) is 37.7 Å². The molecule has 0 heterocycles. The quantitative estimate of drug-likeness (QED) is 0.0372. The summed E-state index contributed by atoms with van der Waals surface area (Å²) >= 11 is 25.3. The van der Waals surface area contributed by atoms with Crippen molar-refractivity contribution in [3.63, 3.8) is 0 Å². The molecule has 0 aliphatic carbocycles. The zero-order valence-corrected chi connectivity index (χ0v) is 36.8. The predicted octanol–water partition coefficient (Wildman–Crippen LogP) is 12.4. The van der Waals surface area contributed by atoms with Gasteiger partial charge in [0.15, 0.2) is 34.6 Å². The van der Waals surface area contributed by atoms with Crippen molar-refractivity contribution >= 4 is 105 Å². The van der Waals surface area contributed by atoms with E-state index in [-0.39, 0.29) is 42.3 Å². The lowest BCUT2D eigenvalue weighted by atomic mass is 10.1. The Labute approximate surface area is 383 Å². The first-order chi connectivity index (χ1) is 30.4. The van der Waals surface area contributed by atoms with Gasteiger partial charge in [0.05, 0.1) is 64.9 Å². The Bertz CT molecular complexity index is 2510. The Kier molecular flexibility index (Phi) is 16.0. The molecule has 0 aliphatic heterocycles. The van der Waals surface area contributed by atoms with Crippen LogP contribution in [0.4, 0.5) is 22.7 Å². The zero-order chi connectivity index (χ0) is 44.9. The molecule has 6 aromatic rings. The second-order valence-corrected chi connectivity index (χ2v) is 15.3. The number of carbonyl (C=O) groups is 4. The van der Waals surface area contributed by atoms with Crippen molar-refractivity contribution in [1.29, 1.82) is 0 Å². The summed E-state index contributed by atoms with van der Waals surface area (Å²) in [7, 11) is 2.86.